The summed E-state index contributed by atoms with van der Waals surface area (Å²) in [6.45, 7) is 1.92. The van der Waals surface area contributed by atoms with Crippen LogP contribution in [0.15, 0.2) is 0 Å². The molecule has 0 bridgehead atoms. The van der Waals surface area contributed by atoms with Gasteiger partial charge in [-0.1, -0.05) is 0 Å². The summed E-state index contributed by atoms with van der Waals surface area (Å²) in [5.41, 5.74) is 0. The molecule has 4 nitrogen and oxygen atoms in total. The number of rotatable bonds is 4. The Hall–Kier alpha value is -1.08. The number of carbonyl (C=O) groups is 1. The van der Waals surface area contributed by atoms with Gasteiger partial charge in [-0.3, -0.25) is 4.79 Å². The molecular formula is C9H14N2O2. The van der Waals surface area contributed by atoms with E-state index in [9.17, 15) is 4.79 Å². The smallest absolute Gasteiger partial charge is 0.239 e. The summed E-state index contributed by atoms with van der Waals surface area (Å²) in [6.07, 6.45) is 2.01. The Morgan fingerprint density at radius 2 is 2.38 bits per heavy atom. The lowest BCUT2D eigenvalue weighted by Gasteiger charge is -2.22. The lowest BCUT2D eigenvalue weighted by atomic mass is 10.2. The zero-order valence-electron chi connectivity index (χ0n) is 7.73. The SMILES string of the molecule is CC(C#N)C(=O)N(CCO)C1CC1. The molecule has 4 heteroatoms. The summed E-state index contributed by atoms with van der Waals surface area (Å²) in [5.74, 6) is -0.744. The minimum atomic E-state index is -0.591. The second kappa shape index (κ2) is 4.24. The molecule has 1 rings (SSSR count). The van der Waals surface area contributed by atoms with Crippen LogP contribution in [0.25, 0.3) is 0 Å². The van der Waals surface area contributed by atoms with E-state index in [1.165, 1.54) is 0 Å². The molecule has 72 valence electrons. The molecule has 0 aliphatic heterocycles. The van der Waals surface area contributed by atoms with Gasteiger partial charge < -0.3 is 10.0 Å². The predicted octanol–water partition coefficient (Wildman–Crippen LogP) is 0.129. The second-order valence-electron chi connectivity index (χ2n) is 3.34. The van der Waals surface area contributed by atoms with Crippen LogP contribution >= 0.6 is 0 Å². The molecule has 1 saturated carbocycles. The average molecular weight is 182 g/mol. The van der Waals surface area contributed by atoms with Gasteiger partial charge in [-0.15, -0.1) is 0 Å². The number of amides is 1. The van der Waals surface area contributed by atoms with Crippen LogP contribution in [0.2, 0.25) is 0 Å². The third-order valence-corrected chi connectivity index (χ3v) is 2.18. The van der Waals surface area contributed by atoms with Crippen molar-refractivity contribution in [3.63, 3.8) is 0 Å². The predicted molar refractivity (Wildman–Crippen MR) is 46.6 cm³/mol. The summed E-state index contributed by atoms with van der Waals surface area (Å²) in [4.78, 5) is 13.2. The largest absolute Gasteiger partial charge is 0.395 e. The molecule has 0 saturated heterocycles. The van der Waals surface area contributed by atoms with Crippen LogP contribution in [-0.4, -0.2) is 35.1 Å². The highest BCUT2D eigenvalue weighted by atomic mass is 16.3. The molecule has 0 aromatic rings. The normalized spacial score (nSPS) is 17.6. The van der Waals surface area contributed by atoms with Crippen LogP contribution in [0.5, 0.6) is 0 Å². The molecule has 0 aromatic heterocycles. The zero-order chi connectivity index (χ0) is 9.84. The molecule has 1 amide bonds. The van der Waals surface area contributed by atoms with Gasteiger partial charge in [-0.25, -0.2) is 0 Å². The maximum Gasteiger partial charge on any atom is 0.239 e. The Labute approximate surface area is 77.8 Å². The molecule has 13 heavy (non-hydrogen) atoms. The van der Waals surface area contributed by atoms with Crippen molar-refractivity contribution in [2.45, 2.75) is 25.8 Å². The fourth-order valence-corrected chi connectivity index (χ4v) is 1.27. The van der Waals surface area contributed by atoms with Crippen LogP contribution in [0, 0.1) is 17.2 Å². The fourth-order valence-electron chi connectivity index (χ4n) is 1.27. The lowest BCUT2D eigenvalue weighted by Crippen LogP contribution is -2.38. The topological polar surface area (TPSA) is 64.3 Å². The first kappa shape index (κ1) is 10.0. The van der Waals surface area contributed by atoms with Gasteiger partial charge in [0.1, 0.15) is 5.92 Å². The molecule has 1 atom stereocenters. The standard InChI is InChI=1S/C9H14N2O2/c1-7(6-10)9(13)11(4-5-12)8-2-3-8/h7-8,12H,2-5H2,1H3. The van der Waals surface area contributed by atoms with Crippen molar-refractivity contribution in [2.24, 2.45) is 5.92 Å². The van der Waals surface area contributed by atoms with E-state index in [-0.39, 0.29) is 18.6 Å². The number of hydrogen-bond donors (Lipinski definition) is 1. The van der Waals surface area contributed by atoms with E-state index in [4.69, 9.17) is 10.4 Å². The van der Waals surface area contributed by atoms with Crippen LogP contribution in [-0.2, 0) is 4.79 Å². The Morgan fingerprint density at radius 3 is 2.77 bits per heavy atom. The summed E-state index contributed by atoms with van der Waals surface area (Å²) in [7, 11) is 0. The third kappa shape index (κ3) is 2.43. The summed E-state index contributed by atoms with van der Waals surface area (Å²) in [6, 6.07) is 2.19. The molecule has 0 spiro atoms. The van der Waals surface area contributed by atoms with E-state index in [0.717, 1.165) is 12.8 Å². The van der Waals surface area contributed by atoms with Crippen LogP contribution in [0.4, 0.5) is 0 Å². The fraction of sp³-hybridized carbons (Fsp3) is 0.778. The Kier molecular flexibility index (Phi) is 3.26. The highest BCUT2D eigenvalue weighted by Crippen LogP contribution is 2.27. The molecule has 1 N–H and O–H groups in total. The molecule has 0 radical (unpaired) electrons. The Morgan fingerprint density at radius 1 is 1.77 bits per heavy atom. The van der Waals surface area contributed by atoms with Gasteiger partial charge in [0.2, 0.25) is 5.91 Å². The van der Waals surface area contributed by atoms with E-state index >= 15 is 0 Å². The minimum absolute atomic E-state index is 0.0274. The zero-order valence-corrected chi connectivity index (χ0v) is 7.73. The molecule has 1 aliphatic rings. The van der Waals surface area contributed by atoms with Crippen molar-refractivity contribution in [1.82, 2.24) is 4.90 Å². The third-order valence-electron chi connectivity index (χ3n) is 2.18. The van der Waals surface area contributed by atoms with E-state index in [0.29, 0.717) is 6.54 Å². The van der Waals surface area contributed by atoms with Crippen molar-refractivity contribution < 1.29 is 9.90 Å². The quantitative estimate of drug-likeness (QED) is 0.672. The summed E-state index contributed by atoms with van der Waals surface area (Å²) >= 11 is 0. The number of aliphatic hydroxyl groups excluding tert-OH is 1. The number of carbonyl (C=O) groups excluding carboxylic acids is 1. The van der Waals surface area contributed by atoms with Crippen LogP contribution in [0.3, 0.4) is 0 Å². The van der Waals surface area contributed by atoms with E-state index < -0.39 is 5.92 Å². The first-order valence-corrected chi connectivity index (χ1v) is 4.51. The molecule has 0 aromatic carbocycles. The van der Waals surface area contributed by atoms with Gasteiger partial charge in [0.05, 0.1) is 12.7 Å². The number of nitriles is 1. The van der Waals surface area contributed by atoms with E-state index in [1.807, 2.05) is 6.07 Å². The Bertz CT molecular complexity index is 230. The molecule has 0 heterocycles. The lowest BCUT2D eigenvalue weighted by molar-refractivity contribution is -0.134. The highest BCUT2D eigenvalue weighted by Gasteiger charge is 2.33. The van der Waals surface area contributed by atoms with Gasteiger partial charge in [-0.2, -0.15) is 5.26 Å². The molecule has 1 unspecified atom stereocenters. The van der Waals surface area contributed by atoms with Crippen molar-refractivity contribution in [3.05, 3.63) is 0 Å². The monoisotopic (exact) mass is 182 g/mol. The van der Waals surface area contributed by atoms with Gasteiger partial charge in [0.25, 0.3) is 0 Å². The van der Waals surface area contributed by atoms with Gasteiger partial charge in [0.15, 0.2) is 0 Å². The van der Waals surface area contributed by atoms with E-state index in [2.05, 4.69) is 0 Å². The summed E-state index contributed by atoms with van der Waals surface area (Å²) in [5, 5.41) is 17.3. The van der Waals surface area contributed by atoms with Crippen LogP contribution in [0.1, 0.15) is 19.8 Å². The molecule has 1 fully saturated rings. The number of aliphatic hydroxyl groups is 1. The molecule has 1 aliphatic carbocycles. The van der Waals surface area contributed by atoms with Gasteiger partial charge >= 0.3 is 0 Å². The van der Waals surface area contributed by atoms with Gasteiger partial charge in [0, 0.05) is 12.6 Å². The maximum absolute atomic E-state index is 11.5. The molecular weight excluding hydrogens is 168 g/mol. The first-order valence-electron chi connectivity index (χ1n) is 4.51. The average Bonchev–Trinajstić information content (AvgIpc) is 2.95. The number of nitrogens with zero attached hydrogens (tertiary/aromatic N) is 2. The van der Waals surface area contributed by atoms with Crippen molar-refractivity contribution in [1.29, 1.82) is 5.26 Å². The van der Waals surface area contributed by atoms with Crippen molar-refractivity contribution in [2.75, 3.05) is 13.2 Å². The minimum Gasteiger partial charge on any atom is -0.395 e. The highest BCUT2D eigenvalue weighted by molar-refractivity contribution is 5.81. The van der Waals surface area contributed by atoms with Crippen molar-refractivity contribution >= 4 is 5.91 Å². The second-order valence-corrected chi connectivity index (χ2v) is 3.34. The van der Waals surface area contributed by atoms with Gasteiger partial charge in [-0.05, 0) is 19.8 Å². The summed E-state index contributed by atoms with van der Waals surface area (Å²) < 4.78 is 0. The Balaban J connectivity index is 2.53. The first-order chi connectivity index (χ1) is 6.20. The van der Waals surface area contributed by atoms with Crippen molar-refractivity contribution in [3.8, 4) is 6.07 Å². The number of hydrogen-bond acceptors (Lipinski definition) is 3. The maximum atomic E-state index is 11.5. The van der Waals surface area contributed by atoms with Crippen LogP contribution < -0.4 is 0 Å². The van der Waals surface area contributed by atoms with E-state index in [1.54, 1.807) is 11.8 Å².